The Labute approximate surface area is 77.5 Å². The molecule has 0 rings (SSSR count). The molecule has 0 aliphatic heterocycles. The molecule has 0 radical (unpaired) electrons. The molecule has 0 aliphatic rings. The molecule has 4 heteroatoms. The van der Waals surface area contributed by atoms with E-state index in [0.29, 0.717) is 5.57 Å². The minimum absolute atomic E-state index is 0.0498. The van der Waals surface area contributed by atoms with Crippen LogP contribution in [0.5, 0.6) is 0 Å². The van der Waals surface area contributed by atoms with Gasteiger partial charge in [-0.1, -0.05) is 6.58 Å². The lowest BCUT2D eigenvalue weighted by Crippen LogP contribution is -2.13. The average molecular weight is 186 g/mol. The minimum Gasteiger partial charge on any atom is -0.460 e. The molecular weight excluding hydrogens is 172 g/mol. The first-order valence-electron chi connectivity index (χ1n) is 3.94. The number of ketones is 1. The van der Waals surface area contributed by atoms with E-state index in [2.05, 4.69) is 6.58 Å². The maximum absolute atomic E-state index is 10.8. The molecule has 0 bridgehead atoms. The predicted molar refractivity (Wildman–Crippen MR) is 47.3 cm³/mol. The third kappa shape index (κ3) is 7.21. The average Bonchev–Trinajstić information content (AvgIpc) is 2.02. The standard InChI is InChI=1S/C9H14O4/c1-7(2)9(11)13-5-4-12-6-8(3)10/h1,4-6H2,2-3H3. The van der Waals surface area contributed by atoms with Crippen LogP contribution in [0, 0.1) is 0 Å². The second-order valence-corrected chi connectivity index (χ2v) is 2.67. The number of rotatable bonds is 6. The zero-order valence-corrected chi connectivity index (χ0v) is 7.96. The third-order valence-corrected chi connectivity index (χ3v) is 1.11. The van der Waals surface area contributed by atoms with E-state index in [1.807, 2.05) is 0 Å². The Hall–Kier alpha value is -1.16. The van der Waals surface area contributed by atoms with E-state index in [0.717, 1.165) is 0 Å². The maximum atomic E-state index is 10.8. The molecule has 0 fully saturated rings. The van der Waals surface area contributed by atoms with Crippen molar-refractivity contribution in [2.24, 2.45) is 0 Å². The van der Waals surface area contributed by atoms with E-state index < -0.39 is 5.97 Å². The first-order chi connectivity index (χ1) is 6.04. The van der Waals surface area contributed by atoms with E-state index in [-0.39, 0.29) is 25.6 Å². The number of hydrogen-bond acceptors (Lipinski definition) is 4. The molecule has 0 aliphatic carbocycles. The Balaban J connectivity index is 3.31. The fourth-order valence-corrected chi connectivity index (χ4v) is 0.532. The number of ether oxygens (including phenoxy) is 2. The molecule has 13 heavy (non-hydrogen) atoms. The lowest BCUT2D eigenvalue weighted by Gasteiger charge is -2.03. The van der Waals surface area contributed by atoms with Crippen molar-refractivity contribution >= 4 is 11.8 Å². The van der Waals surface area contributed by atoms with Gasteiger partial charge in [0.05, 0.1) is 6.61 Å². The van der Waals surface area contributed by atoms with E-state index >= 15 is 0 Å². The van der Waals surface area contributed by atoms with Crippen molar-refractivity contribution in [3.8, 4) is 0 Å². The summed E-state index contributed by atoms with van der Waals surface area (Å²) in [5.41, 5.74) is 0.353. The van der Waals surface area contributed by atoms with Gasteiger partial charge in [0.1, 0.15) is 13.2 Å². The van der Waals surface area contributed by atoms with Crippen LogP contribution in [0.15, 0.2) is 12.2 Å². The summed E-state index contributed by atoms with van der Waals surface area (Å²) in [6.45, 7) is 6.86. The zero-order chi connectivity index (χ0) is 10.3. The second kappa shape index (κ2) is 6.37. The Bertz CT molecular complexity index is 208. The number of carbonyl (C=O) groups is 2. The van der Waals surface area contributed by atoms with Gasteiger partial charge in [0, 0.05) is 5.57 Å². The topological polar surface area (TPSA) is 52.6 Å². The van der Waals surface area contributed by atoms with Crippen molar-refractivity contribution in [2.45, 2.75) is 13.8 Å². The van der Waals surface area contributed by atoms with E-state index in [4.69, 9.17) is 9.47 Å². The fraction of sp³-hybridized carbons (Fsp3) is 0.556. The summed E-state index contributed by atoms with van der Waals surface area (Å²) in [5, 5.41) is 0. The SMILES string of the molecule is C=C(C)C(=O)OCCOCC(C)=O. The highest BCUT2D eigenvalue weighted by Gasteiger charge is 2.01. The van der Waals surface area contributed by atoms with Crippen molar-refractivity contribution < 1.29 is 19.1 Å². The van der Waals surface area contributed by atoms with Gasteiger partial charge in [-0.2, -0.15) is 0 Å². The lowest BCUT2D eigenvalue weighted by molar-refractivity contribution is -0.140. The van der Waals surface area contributed by atoms with E-state index in [1.165, 1.54) is 6.92 Å². The summed E-state index contributed by atoms with van der Waals surface area (Å²) in [6, 6.07) is 0. The summed E-state index contributed by atoms with van der Waals surface area (Å²) in [7, 11) is 0. The van der Waals surface area contributed by atoms with Gasteiger partial charge in [-0.25, -0.2) is 4.79 Å². The summed E-state index contributed by atoms with van der Waals surface area (Å²) < 4.78 is 9.58. The molecule has 0 amide bonds. The largest absolute Gasteiger partial charge is 0.460 e. The van der Waals surface area contributed by atoms with Crippen LogP contribution in [-0.2, 0) is 19.1 Å². The maximum Gasteiger partial charge on any atom is 0.333 e. The van der Waals surface area contributed by atoms with Crippen LogP contribution in [-0.4, -0.2) is 31.6 Å². The summed E-state index contributed by atoms with van der Waals surface area (Å²) in [6.07, 6.45) is 0. The monoisotopic (exact) mass is 186 g/mol. The molecule has 4 nitrogen and oxygen atoms in total. The molecule has 0 atom stereocenters. The number of carbonyl (C=O) groups excluding carboxylic acids is 2. The van der Waals surface area contributed by atoms with Crippen LogP contribution in [0.1, 0.15) is 13.8 Å². The third-order valence-electron chi connectivity index (χ3n) is 1.11. The van der Waals surface area contributed by atoms with Gasteiger partial charge >= 0.3 is 5.97 Å². The predicted octanol–water partition coefficient (Wildman–Crippen LogP) is 0.711. The molecule has 0 saturated carbocycles. The quantitative estimate of drug-likeness (QED) is 0.348. The molecule has 0 aromatic rings. The van der Waals surface area contributed by atoms with Crippen molar-refractivity contribution in [1.82, 2.24) is 0 Å². The normalized spacial score (nSPS) is 9.38. The number of hydrogen-bond donors (Lipinski definition) is 0. The minimum atomic E-state index is -0.438. The van der Waals surface area contributed by atoms with Gasteiger partial charge < -0.3 is 9.47 Å². The second-order valence-electron chi connectivity index (χ2n) is 2.67. The molecule has 74 valence electrons. The van der Waals surface area contributed by atoms with Crippen LogP contribution in [0.25, 0.3) is 0 Å². The van der Waals surface area contributed by atoms with Crippen LogP contribution >= 0.6 is 0 Å². The van der Waals surface area contributed by atoms with E-state index in [1.54, 1.807) is 6.92 Å². The first-order valence-corrected chi connectivity index (χ1v) is 3.94. The molecular formula is C9H14O4. The molecule has 0 spiro atoms. The van der Waals surface area contributed by atoms with Crippen molar-refractivity contribution in [2.75, 3.05) is 19.8 Å². The molecule has 0 unspecified atom stereocenters. The Morgan fingerprint density at radius 2 is 1.85 bits per heavy atom. The van der Waals surface area contributed by atoms with Crippen LogP contribution in [0.4, 0.5) is 0 Å². The zero-order valence-electron chi connectivity index (χ0n) is 7.96. The van der Waals surface area contributed by atoms with E-state index in [9.17, 15) is 9.59 Å². The lowest BCUT2D eigenvalue weighted by atomic mass is 10.4. The van der Waals surface area contributed by atoms with Crippen LogP contribution in [0.2, 0.25) is 0 Å². The molecule has 0 aromatic heterocycles. The van der Waals surface area contributed by atoms with Gasteiger partial charge in [-0.05, 0) is 13.8 Å². The van der Waals surface area contributed by atoms with Crippen molar-refractivity contribution in [3.05, 3.63) is 12.2 Å². The van der Waals surface area contributed by atoms with Gasteiger partial charge in [-0.15, -0.1) is 0 Å². The fourth-order valence-electron chi connectivity index (χ4n) is 0.532. The summed E-state index contributed by atoms with van der Waals surface area (Å²) in [5.74, 6) is -0.488. The van der Waals surface area contributed by atoms with Gasteiger partial charge in [0.25, 0.3) is 0 Å². The Morgan fingerprint density at radius 1 is 1.23 bits per heavy atom. The van der Waals surface area contributed by atoms with Crippen LogP contribution in [0.3, 0.4) is 0 Å². The highest BCUT2D eigenvalue weighted by Crippen LogP contribution is 1.91. The summed E-state index contributed by atoms with van der Waals surface area (Å²) >= 11 is 0. The highest BCUT2D eigenvalue weighted by atomic mass is 16.6. The van der Waals surface area contributed by atoms with Crippen molar-refractivity contribution in [1.29, 1.82) is 0 Å². The van der Waals surface area contributed by atoms with Crippen molar-refractivity contribution in [3.63, 3.8) is 0 Å². The molecule has 0 saturated heterocycles. The smallest absolute Gasteiger partial charge is 0.333 e. The van der Waals surface area contributed by atoms with Gasteiger partial charge in [-0.3, -0.25) is 4.79 Å². The van der Waals surface area contributed by atoms with Gasteiger partial charge in [0.2, 0.25) is 0 Å². The molecule has 0 N–H and O–H groups in total. The van der Waals surface area contributed by atoms with Crippen LogP contribution < -0.4 is 0 Å². The highest BCUT2D eigenvalue weighted by molar-refractivity contribution is 5.86. The Kier molecular flexibility index (Phi) is 5.80. The number of esters is 1. The molecule has 0 aromatic carbocycles. The van der Waals surface area contributed by atoms with Gasteiger partial charge in [0.15, 0.2) is 5.78 Å². The first kappa shape index (κ1) is 11.8. The molecule has 0 heterocycles. The Morgan fingerprint density at radius 3 is 2.31 bits per heavy atom. The number of Topliss-reactive ketones (excluding diaryl/α,β-unsaturated/α-hetero) is 1. The summed E-state index contributed by atoms with van der Waals surface area (Å²) in [4.78, 5) is 21.2.